The van der Waals surface area contributed by atoms with Gasteiger partial charge in [0.25, 0.3) is 0 Å². The van der Waals surface area contributed by atoms with Gasteiger partial charge in [0.15, 0.2) is 0 Å². The van der Waals surface area contributed by atoms with E-state index in [1.165, 1.54) is 5.56 Å². The lowest BCUT2D eigenvalue weighted by Crippen LogP contribution is -2.01. The minimum Gasteiger partial charge on any atom is -0.487 e. The van der Waals surface area contributed by atoms with Gasteiger partial charge in [-0.2, -0.15) is 0 Å². The van der Waals surface area contributed by atoms with Crippen molar-refractivity contribution in [2.75, 3.05) is 0 Å². The molecule has 0 saturated heterocycles. The van der Waals surface area contributed by atoms with E-state index in [2.05, 4.69) is 37.9 Å². The van der Waals surface area contributed by atoms with Crippen molar-refractivity contribution in [3.63, 3.8) is 0 Å². The summed E-state index contributed by atoms with van der Waals surface area (Å²) in [6, 6.07) is 7.81. The number of halogens is 1. The minimum atomic E-state index is 0.436. The van der Waals surface area contributed by atoms with Crippen molar-refractivity contribution in [2.45, 2.75) is 27.4 Å². The molecule has 0 aliphatic heterocycles. The number of rotatable bonds is 3. The zero-order valence-electron chi connectivity index (χ0n) is 10.8. The van der Waals surface area contributed by atoms with Crippen LogP contribution in [0.4, 0.5) is 0 Å². The lowest BCUT2D eigenvalue weighted by Gasteiger charge is -2.12. The third-order valence-electron chi connectivity index (χ3n) is 2.75. The third-order valence-corrected chi connectivity index (χ3v) is 2.98. The molecule has 1 aromatic carbocycles. The van der Waals surface area contributed by atoms with Crippen LogP contribution in [0.25, 0.3) is 0 Å². The van der Waals surface area contributed by atoms with E-state index in [0.29, 0.717) is 11.6 Å². The molecule has 0 unspecified atom stereocenters. The molecule has 2 nitrogen and oxygen atoms in total. The zero-order valence-corrected chi connectivity index (χ0v) is 11.6. The Balaban J connectivity index is 2.16. The molecule has 2 rings (SSSR count). The van der Waals surface area contributed by atoms with Crippen LogP contribution in [0.3, 0.4) is 0 Å². The van der Waals surface area contributed by atoms with Gasteiger partial charge in [0.05, 0.1) is 5.69 Å². The highest BCUT2D eigenvalue weighted by molar-refractivity contribution is 6.30. The smallest absolute Gasteiger partial charge is 0.130 e. The summed E-state index contributed by atoms with van der Waals surface area (Å²) < 4.78 is 5.84. The van der Waals surface area contributed by atoms with Gasteiger partial charge in [-0.15, -0.1) is 0 Å². The Morgan fingerprint density at radius 3 is 2.39 bits per heavy atom. The maximum atomic E-state index is 5.91. The van der Waals surface area contributed by atoms with Gasteiger partial charge in [-0.3, -0.25) is 4.98 Å². The molecule has 0 N–H and O–H groups in total. The van der Waals surface area contributed by atoms with Gasteiger partial charge in [0, 0.05) is 11.2 Å². The van der Waals surface area contributed by atoms with Crippen LogP contribution in [-0.2, 0) is 6.61 Å². The number of aryl methyl sites for hydroxylation is 3. The van der Waals surface area contributed by atoms with Crippen LogP contribution in [0, 0.1) is 20.8 Å². The molecule has 0 spiro atoms. The molecular formula is C15H16ClNO. The minimum absolute atomic E-state index is 0.436. The summed E-state index contributed by atoms with van der Waals surface area (Å²) in [5.41, 5.74) is 4.38. The Morgan fingerprint density at radius 2 is 1.78 bits per heavy atom. The van der Waals surface area contributed by atoms with E-state index in [1.54, 1.807) is 12.3 Å². The molecule has 2 aromatic rings. The first-order valence-corrected chi connectivity index (χ1v) is 6.25. The third kappa shape index (κ3) is 3.02. The maximum Gasteiger partial charge on any atom is 0.130 e. The summed E-state index contributed by atoms with van der Waals surface area (Å²) in [6.45, 7) is 6.63. The lowest BCUT2D eigenvalue weighted by molar-refractivity contribution is 0.297. The Kier molecular flexibility index (Phi) is 3.87. The monoisotopic (exact) mass is 261 g/mol. The van der Waals surface area contributed by atoms with Gasteiger partial charge in [0.2, 0.25) is 0 Å². The van der Waals surface area contributed by atoms with Crippen molar-refractivity contribution in [3.8, 4) is 5.75 Å². The Bertz CT molecular complexity index is 543. The van der Waals surface area contributed by atoms with Crippen molar-refractivity contribution >= 4 is 11.6 Å². The van der Waals surface area contributed by atoms with Gasteiger partial charge in [-0.25, -0.2) is 0 Å². The molecule has 3 heteroatoms. The predicted molar refractivity (Wildman–Crippen MR) is 74.2 cm³/mol. The quantitative estimate of drug-likeness (QED) is 0.825. The predicted octanol–water partition coefficient (Wildman–Crippen LogP) is 4.24. The molecule has 0 aliphatic carbocycles. The van der Waals surface area contributed by atoms with Crippen LogP contribution in [0.2, 0.25) is 5.02 Å². The van der Waals surface area contributed by atoms with Gasteiger partial charge in [-0.1, -0.05) is 29.3 Å². The zero-order chi connectivity index (χ0) is 13.1. The van der Waals surface area contributed by atoms with E-state index >= 15 is 0 Å². The fourth-order valence-corrected chi connectivity index (χ4v) is 2.25. The number of ether oxygens (including phenoxy) is 1. The first kappa shape index (κ1) is 12.9. The number of benzene rings is 1. The molecular weight excluding hydrogens is 246 g/mol. The van der Waals surface area contributed by atoms with E-state index < -0.39 is 0 Å². The van der Waals surface area contributed by atoms with Gasteiger partial charge in [-0.05, 0) is 44.0 Å². The highest BCUT2D eigenvalue weighted by atomic mass is 35.5. The number of hydrogen-bond acceptors (Lipinski definition) is 2. The van der Waals surface area contributed by atoms with E-state index in [4.69, 9.17) is 16.3 Å². The van der Waals surface area contributed by atoms with Crippen molar-refractivity contribution in [1.82, 2.24) is 4.98 Å². The average molecular weight is 262 g/mol. The van der Waals surface area contributed by atoms with Crippen LogP contribution in [0.15, 0.2) is 30.5 Å². The number of hydrogen-bond donors (Lipinski definition) is 0. The highest BCUT2D eigenvalue weighted by Crippen LogP contribution is 2.25. The Morgan fingerprint density at radius 1 is 1.11 bits per heavy atom. The fraction of sp³-hybridized carbons (Fsp3) is 0.267. The van der Waals surface area contributed by atoms with E-state index in [0.717, 1.165) is 22.6 Å². The molecule has 1 heterocycles. The second-order valence-corrected chi connectivity index (χ2v) is 4.92. The van der Waals surface area contributed by atoms with E-state index in [-0.39, 0.29) is 0 Å². The fourth-order valence-electron chi connectivity index (χ4n) is 2.07. The largest absolute Gasteiger partial charge is 0.487 e. The molecule has 0 fully saturated rings. The Hall–Kier alpha value is -1.54. The number of aromatic nitrogens is 1. The molecule has 0 amide bonds. The standard InChI is InChI=1S/C15H16ClNO/c1-10-6-11(2)15(12(3)7-10)18-9-14-8-13(16)4-5-17-14/h4-8H,9H2,1-3H3. The highest BCUT2D eigenvalue weighted by Gasteiger charge is 2.06. The number of nitrogens with zero attached hydrogens (tertiary/aromatic N) is 1. The van der Waals surface area contributed by atoms with Crippen molar-refractivity contribution in [2.24, 2.45) is 0 Å². The first-order valence-electron chi connectivity index (χ1n) is 5.87. The summed E-state index contributed by atoms with van der Waals surface area (Å²) in [7, 11) is 0. The van der Waals surface area contributed by atoms with Crippen molar-refractivity contribution < 1.29 is 4.74 Å². The van der Waals surface area contributed by atoms with Crippen molar-refractivity contribution in [3.05, 3.63) is 57.9 Å². The van der Waals surface area contributed by atoms with Crippen LogP contribution >= 0.6 is 11.6 Å². The van der Waals surface area contributed by atoms with Gasteiger partial charge >= 0.3 is 0 Å². The molecule has 94 valence electrons. The normalized spacial score (nSPS) is 10.4. The van der Waals surface area contributed by atoms with Gasteiger partial charge in [0.1, 0.15) is 12.4 Å². The van der Waals surface area contributed by atoms with Gasteiger partial charge < -0.3 is 4.74 Å². The van der Waals surface area contributed by atoms with Crippen LogP contribution in [0.5, 0.6) is 5.75 Å². The average Bonchev–Trinajstić information content (AvgIpc) is 2.27. The summed E-state index contributed by atoms with van der Waals surface area (Å²) in [6.07, 6.45) is 1.69. The summed E-state index contributed by atoms with van der Waals surface area (Å²) >= 11 is 5.91. The maximum absolute atomic E-state index is 5.91. The Labute approximate surface area is 113 Å². The molecule has 1 aromatic heterocycles. The summed E-state index contributed by atoms with van der Waals surface area (Å²) in [5, 5.41) is 0.681. The summed E-state index contributed by atoms with van der Waals surface area (Å²) in [5.74, 6) is 0.933. The first-order chi connectivity index (χ1) is 8.56. The van der Waals surface area contributed by atoms with Crippen LogP contribution in [0.1, 0.15) is 22.4 Å². The van der Waals surface area contributed by atoms with E-state index in [1.807, 2.05) is 6.07 Å². The SMILES string of the molecule is Cc1cc(C)c(OCc2cc(Cl)ccn2)c(C)c1. The summed E-state index contributed by atoms with van der Waals surface area (Å²) in [4.78, 5) is 4.22. The second-order valence-electron chi connectivity index (χ2n) is 4.48. The molecule has 0 bridgehead atoms. The molecule has 0 aliphatic rings. The van der Waals surface area contributed by atoms with Crippen LogP contribution < -0.4 is 4.74 Å². The second kappa shape index (κ2) is 5.40. The molecule has 0 atom stereocenters. The van der Waals surface area contributed by atoms with E-state index in [9.17, 15) is 0 Å². The molecule has 0 saturated carbocycles. The number of pyridine rings is 1. The van der Waals surface area contributed by atoms with Crippen LogP contribution in [-0.4, -0.2) is 4.98 Å². The lowest BCUT2D eigenvalue weighted by atomic mass is 10.1. The molecule has 0 radical (unpaired) electrons. The molecule has 18 heavy (non-hydrogen) atoms. The van der Waals surface area contributed by atoms with Crippen molar-refractivity contribution in [1.29, 1.82) is 0 Å². The topological polar surface area (TPSA) is 22.1 Å².